The summed E-state index contributed by atoms with van der Waals surface area (Å²) in [5, 5.41) is 7.58. The SMILES string of the molecule is COCCC(=Cc1ccccc1)C1C[C@@H]1NC1CCC(NCC(C)(C)C(=O)OC(C)(C)C)CC1. The zero-order valence-corrected chi connectivity index (χ0v) is 22.2. The van der Waals surface area contributed by atoms with Crippen molar-refractivity contribution < 1.29 is 14.3 Å². The molecule has 0 saturated heterocycles. The Morgan fingerprint density at radius 1 is 1.03 bits per heavy atom. The van der Waals surface area contributed by atoms with E-state index in [1.54, 1.807) is 7.11 Å². The van der Waals surface area contributed by atoms with Crippen LogP contribution in [-0.4, -0.2) is 50.0 Å². The van der Waals surface area contributed by atoms with Gasteiger partial charge in [0.05, 0.1) is 5.41 Å². The standard InChI is InChI=1S/C29H46N2O3/c1-28(2,3)34-27(32)29(4,5)20-30-23-12-14-24(15-13-23)31-26-19-25(26)22(16-17-33-6)18-21-10-8-7-9-11-21/h7-11,18,23-26,30-31H,12-17,19-20H2,1-6H3/t23?,24?,25?,26-/m0/s1. The number of ether oxygens (including phenoxy) is 2. The van der Waals surface area contributed by atoms with Gasteiger partial charge in [-0.3, -0.25) is 4.79 Å². The predicted octanol–water partition coefficient (Wildman–Crippen LogP) is 5.35. The molecule has 0 amide bonds. The van der Waals surface area contributed by atoms with Gasteiger partial charge in [-0.2, -0.15) is 0 Å². The van der Waals surface area contributed by atoms with Crippen molar-refractivity contribution in [1.29, 1.82) is 0 Å². The second-order valence-electron chi connectivity index (χ2n) is 11.8. The molecule has 5 heteroatoms. The number of carbonyl (C=O) groups is 1. The maximum atomic E-state index is 12.5. The zero-order valence-electron chi connectivity index (χ0n) is 22.2. The Labute approximate surface area is 207 Å². The van der Waals surface area contributed by atoms with Gasteiger partial charge in [0.25, 0.3) is 0 Å². The van der Waals surface area contributed by atoms with Crippen molar-refractivity contribution in [2.24, 2.45) is 11.3 Å². The summed E-state index contributed by atoms with van der Waals surface area (Å²) in [6.07, 6.45) is 9.25. The first-order valence-electron chi connectivity index (χ1n) is 13.0. The topological polar surface area (TPSA) is 59.6 Å². The van der Waals surface area contributed by atoms with E-state index < -0.39 is 11.0 Å². The number of methoxy groups -OCH3 is 1. The van der Waals surface area contributed by atoms with Crippen molar-refractivity contribution in [1.82, 2.24) is 10.6 Å². The molecule has 0 heterocycles. The predicted molar refractivity (Wildman–Crippen MR) is 140 cm³/mol. The van der Waals surface area contributed by atoms with E-state index in [2.05, 4.69) is 47.0 Å². The Bertz CT molecular complexity index is 804. The second kappa shape index (κ2) is 11.8. The van der Waals surface area contributed by atoms with Crippen molar-refractivity contribution >= 4 is 12.0 Å². The molecule has 34 heavy (non-hydrogen) atoms. The molecule has 0 bridgehead atoms. The minimum atomic E-state index is -0.521. The average molecular weight is 471 g/mol. The van der Waals surface area contributed by atoms with E-state index in [4.69, 9.17) is 9.47 Å². The molecule has 2 saturated carbocycles. The van der Waals surface area contributed by atoms with Gasteiger partial charge in [0.15, 0.2) is 0 Å². The lowest BCUT2D eigenvalue weighted by Crippen LogP contribution is -2.46. The van der Waals surface area contributed by atoms with Gasteiger partial charge in [0.2, 0.25) is 0 Å². The highest BCUT2D eigenvalue weighted by molar-refractivity contribution is 5.76. The van der Waals surface area contributed by atoms with E-state index in [0.717, 1.165) is 25.9 Å². The number of hydrogen-bond donors (Lipinski definition) is 2. The van der Waals surface area contributed by atoms with Crippen molar-refractivity contribution in [2.45, 2.75) is 96.9 Å². The largest absolute Gasteiger partial charge is 0.460 e. The third-order valence-corrected chi connectivity index (χ3v) is 6.97. The van der Waals surface area contributed by atoms with E-state index in [1.807, 2.05) is 34.6 Å². The maximum absolute atomic E-state index is 12.5. The van der Waals surface area contributed by atoms with E-state index in [0.29, 0.717) is 30.6 Å². The van der Waals surface area contributed by atoms with Gasteiger partial charge < -0.3 is 20.1 Å². The van der Waals surface area contributed by atoms with Crippen molar-refractivity contribution in [3.05, 3.63) is 41.5 Å². The molecule has 2 aliphatic rings. The van der Waals surface area contributed by atoms with Crippen LogP contribution in [0.15, 0.2) is 35.9 Å². The molecule has 190 valence electrons. The van der Waals surface area contributed by atoms with E-state index in [9.17, 15) is 4.79 Å². The summed E-state index contributed by atoms with van der Waals surface area (Å²) in [5.41, 5.74) is 1.82. The third kappa shape index (κ3) is 8.51. The van der Waals surface area contributed by atoms with Crippen molar-refractivity contribution in [3.8, 4) is 0 Å². The minimum Gasteiger partial charge on any atom is -0.460 e. The van der Waals surface area contributed by atoms with E-state index in [1.165, 1.54) is 30.4 Å². The molecule has 1 unspecified atom stereocenters. The lowest BCUT2D eigenvalue weighted by atomic mass is 9.88. The molecule has 0 aromatic heterocycles. The fourth-order valence-corrected chi connectivity index (χ4v) is 4.79. The fraction of sp³-hybridized carbons (Fsp3) is 0.690. The van der Waals surface area contributed by atoms with Gasteiger partial charge in [0.1, 0.15) is 5.60 Å². The van der Waals surface area contributed by atoms with Crippen molar-refractivity contribution in [3.63, 3.8) is 0 Å². The number of carbonyl (C=O) groups excluding carboxylic acids is 1. The Morgan fingerprint density at radius 3 is 2.29 bits per heavy atom. The molecular formula is C29H46N2O3. The monoisotopic (exact) mass is 470 g/mol. The van der Waals surface area contributed by atoms with Crippen LogP contribution >= 0.6 is 0 Å². The van der Waals surface area contributed by atoms with Crippen LogP contribution in [0.25, 0.3) is 6.08 Å². The molecule has 2 fully saturated rings. The molecule has 5 nitrogen and oxygen atoms in total. The maximum Gasteiger partial charge on any atom is 0.313 e. The fourth-order valence-electron chi connectivity index (χ4n) is 4.79. The summed E-state index contributed by atoms with van der Waals surface area (Å²) in [5.74, 6) is 0.497. The summed E-state index contributed by atoms with van der Waals surface area (Å²) in [6.45, 7) is 11.1. The zero-order chi connectivity index (χ0) is 24.8. The lowest BCUT2D eigenvalue weighted by molar-refractivity contribution is -0.165. The number of nitrogens with one attached hydrogen (secondary N) is 2. The van der Waals surface area contributed by atoms with E-state index in [-0.39, 0.29) is 5.97 Å². The van der Waals surface area contributed by atoms with Crippen LogP contribution < -0.4 is 10.6 Å². The smallest absolute Gasteiger partial charge is 0.313 e. The van der Waals surface area contributed by atoms with Gasteiger partial charge >= 0.3 is 5.97 Å². The van der Waals surface area contributed by atoms with Gasteiger partial charge in [-0.15, -0.1) is 0 Å². The number of esters is 1. The molecular weight excluding hydrogens is 424 g/mol. The molecule has 3 rings (SSSR count). The first-order valence-corrected chi connectivity index (χ1v) is 13.0. The van der Waals surface area contributed by atoms with Crippen LogP contribution in [0.1, 0.15) is 78.7 Å². The summed E-state index contributed by atoms with van der Waals surface area (Å²) in [7, 11) is 1.78. The van der Waals surface area contributed by atoms with Gasteiger partial charge in [-0.1, -0.05) is 42.0 Å². The highest BCUT2D eigenvalue weighted by Crippen LogP contribution is 2.41. The van der Waals surface area contributed by atoms with Crippen LogP contribution in [0, 0.1) is 11.3 Å². The molecule has 2 aliphatic carbocycles. The number of hydrogen-bond acceptors (Lipinski definition) is 5. The van der Waals surface area contributed by atoms with Crippen LogP contribution in [-0.2, 0) is 14.3 Å². The second-order valence-corrected chi connectivity index (χ2v) is 11.8. The van der Waals surface area contributed by atoms with Gasteiger partial charge in [-0.05, 0) is 84.6 Å². The summed E-state index contributed by atoms with van der Waals surface area (Å²) in [4.78, 5) is 12.5. The molecule has 0 aliphatic heterocycles. The Hall–Kier alpha value is -1.69. The van der Waals surface area contributed by atoms with Crippen LogP contribution in [0.3, 0.4) is 0 Å². The molecule has 2 N–H and O–H groups in total. The molecule has 0 spiro atoms. The summed E-state index contributed by atoms with van der Waals surface area (Å²) in [6, 6.07) is 12.3. The van der Waals surface area contributed by atoms with Crippen LogP contribution in [0.4, 0.5) is 0 Å². The lowest BCUT2D eigenvalue weighted by Gasteiger charge is -2.33. The van der Waals surface area contributed by atoms with Gasteiger partial charge in [0, 0.05) is 38.4 Å². The molecule has 0 radical (unpaired) electrons. The van der Waals surface area contributed by atoms with Crippen molar-refractivity contribution in [2.75, 3.05) is 20.3 Å². The normalized spacial score (nSPS) is 25.8. The highest BCUT2D eigenvalue weighted by atomic mass is 16.6. The summed E-state index contributed by atoms with van der Waals surface area (Å²) < 4.78 is 11.0. The van der Waals surface area contributed by atoms with Crippen LogP contribution in [0.5, 0.6) is 0 Å². The minimum absolute atomic E-state index is 0.129. The average Bonchev–Trinajstić information content (AvgIpc) is 3.54. The Morgan fingerprint density at radius 2 is 1.68 bits per heavy atom. The highest BCUT2D eigenvalue weighted by Gasteiger charge is 2.41. The Kier molecular flexibility index (Phi) is 9.36. The molecule has 1 aromatic carbocycles. The quantitative estimate of drug-likeness (QED) is 0.427. The number of rotatable bonds is 11. The van der Waals surface area contributed by atoms with Gasteiger partial charge in [-0.25, -0.2) is 0 Å². The van der Waals surface area contributed by atoms with E-state index >= 15 is 0 Å². The van der Waals surface area contributed by atoms with Crippen LogP contribution in [0.2, 0.25) is 0 Å². The first-order chi connectivity index (χ1) is 16.1. The third-order valence-electron chi connectivity index (χ3n) is 6.97. The number of benzene rings is 1. The molecule has 2 atom stereocenters. The Balaban J connectivity index is 1.42. The first kappa shape index (κ1) is 26.9. The molecule has 1 aromatic rings. The summed E-state index contributed by atoms with van der Waals surface area (Å²) >= 11 is 0.